The Morgan fingerprint density at radius 3 is 1.90 bits per heavy atom. The van der Waals surface area contributed by atoms with Crippen molar-refractivity contribution < 1.29 is 15.3 Å². The molecule has 0 bridgehead atoms. The van der Waals surface area contributed by atoms with E-state index in [2.05, 4.69) is 12.2 Å². The third-order valence-electron chi connectivity index (χ3n) is 4.59. The van der Waals surface area contributed by atoms with E-state index in [-0.39, 0.29) is 6.04 Å². The van der Waals surface area contributed by atoms with Gasteiger partial charge in [-0.15, -0.1) is 0 Å². The first kappa shape index (κ1) is 18.9. The Morgan fingerprint density at radius 2 is 1.43 bits per heavy atom. The maximum Gasteiger partial charge on any atom is 0.0989 e. The summed E-state index contributed by atoms with van der Waals surface area (Å²) in [6, 6.07) is -0.362. The van der Waals surface area contributed by atoms with Crippen LogP contribution < -0.4 is 5.32 Å². The van der Waals surface area contributed by atoms with Crippen molar-refractivity contribution in [3.63, 3.8) is 0 Å². The predicted molar refractivity (Wildman–Crippen MR) is 86.3 cm³/mol. The Kier molecular flexibility index (Phi) is 10.3. The first-order chi connectivity index (χ1) is 10.2. The zero-order chi connectivity index (χ0) is 15.5. The van der Waals surface area contributed by atoms with Gasteiger partial charge in [0.05, 0.1) is 24.4 Å². The van der Waals surface area contributed by atoms with E-state index in [0.29, 0.717) is 13.0 Å². The molecule has 1 fully saturated rings. The highest BCUT2D eigenvalue weighted by Gasteiger charge is 2.37. The molecule has 1 rings (SSSR count). The second kappa shape index (κ2) is 11.4. The van der Waals surface area contributed by atoms with E-state index in [1.165, 1.54) is 51.4 Å². The zero-order valence-corrected chi connectivity index (χ0v) is 13.6. The first-order valence-electron chi connectivity index (χ1n) is 8.94. The van der Waals surface area contributed by atoms with Crippen molar-refractivity contribution in [3.8, 4) is 0 Å². The van der Waals surface area contributed by atoms with Crippen LogP contribution in [-0.4, -0.2) is 46.2 Å². The van der Waals surface area contributed by atoms with Gasteiger partial charge in [-0.3, -0.25) is 0 Å². The molecule has 4 heteroatoms. The number of hydrogen-bond donors (Lipinski definition) is 4. The molecule has 0 radical (unpaired) electrons. The van der Waals surface area contributed by atoms with Gasteiger partial charge in [-0.25, -0.2) is 0 Å². The SMILES string of the molecule is CCCCCCCCCCCC[C@H](O)[C@H]1NC[C@@H](O)[C@@H]1O. The summed E-state index contributed by atoms with van der Waals surface area (Å²) in [5, 5.41) is 32.2. The van der Waals surface area contributed by atoms with Crippen molar-refractivity contribution >= 4 is 0 Å². The summed E-state index contributed by atoms with van der Waals surface area (Å²) >= 11 is 0. The highest BCUT2D eigenvalue weighted by molar-refractivity contribution is 4.94. The molecule has 1 aliphatic heterocycles. The van der Waals surface area contributed by atoms with E-state index in [1.807, 2.05) is 0 Å². The lowest BCUT2D eigenvalue weighted by atomic mass is 9.99. The monoisotopic (exact) mass is 301 g/mol. The lowest BCUT2D eigenvalue weighted by Gasteiger charge is -2.22. The number of aliphatic hydroxyl groups is 3. The highest BCUT2D eigenvalue weighted by Crippen LogP contribution is 2.17. The van der Waals surface area contributed by atoms with Gasteiger partial charge in [-0.1, -0.05) is 71.1 Å². The van der Waals surface area contributed by atoms with E-state index in [9.17, 15) is 15.3 Å². The Labute approximate surface area is 130 Å². The maximum absolute atomic E-state index is 10.0. The Hall–Kier alpha value is -0.160. The summed E-state index contributed by atoms with van der Waals surface area (Å²) < 4.78 is 0. The van der Waals surface area contributed by atoms with Crippen LogP contribution in [0.4, 0.5) is 0 Å². The molecule has 1 aliphatic rings. The maximum atomic E-state index is 10.0. The van der Waals surface area contributed by atoms with Crippen LogP contribution in [0.2, 0.25) is 0 Å². The zero-order valence-electron chi connectivity index (χ0n) is 13.6. The summed E-state index contributed by atoms with van der Waals surface area (Å²) in [5.41, 5.74) is 0. The van der Waals surface area contributed by atoms with Gasteiger partial charge >= 0.3 is 0 Å². The molecule has 0 aromatic carbocycles. The summed E-state index contributed by atoms with van der Waals surface area (Å²) in [5.74, 6) is 0. The summed E-state index contributed by atoms with van der Waals surface area (Å²) in [4.78, 5) is 0. The minimum Gasteiger partial charge on any atom is -0.391 e. The van der Waals surface area contributed by atoms with Gasteiger partial charge in [0.1, 0.15) is 0 Å². The predicted octanol–water partition coefficient (Wildman–Crippen LogP) is 2.35. The standard InChI is InChI=1S/C17H35NO3/c1-2-3-4-5-6-7-8-9-10-11-12-14(19)16-17(21)15(20)13-18-16/h14-21H,2-13H2,1H3/t14-,15+,16+,17-/m0/s1. The molecular weight excluding hydrogens is 266 g/mol. The molecule has 0 unspecified atom stereocenters. The molecule has 0 aromatic rings. The lowest BCUT2D eigenvalue weighted by molar-refractivity contribution is 0.00410. The molecule has 0 aliphatic carbocycles. The van der Waals surface area contributed by atoms with Gasteiger partial charge < -0.3 is 20.6 Å². The van der Waals surface area contributed by atoms with Gasteiger partial charge in [0.25, 0.3) is 0 Å². The summed E-state index contributed by atoms with van der Waals surface area (Å²) in [7, 11) is 0. The molecule has 21 heavy (non-hydrogen) atoms. The molecule has 0 spiro atoms. The van der Waals surface area contributed by atoms with Crippen LogP contribution in [0.1, 0.15) is 77.6 Å². The van der Waals surface area contributed by atoms with E-state index < -0.39 is 18.3 Å². The molecule has 126 valence electrons. The second-order valence-corrected chi connectivity index (χ2v) is 6.53. The van der Waals surface area contributed by atoms with E-state index in [4.69, 9.17) is 0 Å². The van der Waals surface area contributed by atoms with Gasteiger partial charge in [0, 0.05) is 6.54 Å². The fraction of sp³-hybridized carbons (Fsp3) is 1.00. The molecule has 1 heterocycles. The summed E-state index contributed by atoms with van der Waals surface area (Å²) in [6.45, 7) is 2.62. The second-order valence-electron chi connectivity index (χ2n) is 6.53. The molecule has 4 nitrogen and oxygen atoms in total. The molecule has 0 saturated carbocycles. The van der Waals surface area contributed by atoms with Gasteiger partial charge in [-0.2, -0.15) is 0 Å². The molecular formula is C17H35NO3. The molecule has 4 atom stereocenters. The third kappa shape index (κ3) is 7.59. The fourth-order valence-corrected chi connectivity index (χ4v) is 3.12. The topological polar surface area (TPSA) is 72.7 Å². The van der Waals surface area contributed by atoms with Crippen LogP contribution in [-0.2, 0) is 0 Å². The molecule has 4 N–H and O–H groups in total. The van der Waals surface area contributed by atoms with Gasteiger partial charge in [0.15, 0.2) is 0 Å². The minimum atomic E-state index is -0.830. The lowest BCUT2D eigenvalue weighted by Crippen LogP contribution is -2.43. The number of β-amino-alcohol motifs (C(OH)–C–C–N with tert-alkyl or cyclic N) is 1. The number of unbranched alkanes of at least 4 members (excludes halogenated alkanes) is 9. The third-order valence-corrected chi connectivity index (χ3v) is 4.59. The van der Waals surface area contributed by atoms with E-state index >= 15 is 0 Å². The quantitative estimate of drug-likeness (QED) is 0.418. The van der Waals surface area contributed by atoms with Crippen molar-refractivity contribution in [2.24, 2.45) is 0 Å². The first-order valence-corrected chi connectivity index (χ1v) is 8.94. The van der Waals surface area contributed by atoms with Crippen LogP contribution in [0.15, 0.2) is 0 Å². The van der Waals surface area contributed by atoms with Gasteiger partial charge in [0.2, 0.25) is 0 Å². The van der Waals surface area contributed by atoms with Crippen molar-refractivity contribution in [1.82, 2.24) is 5.32 Å². The molecule has 1 saturated heterocycles. The van der Waals surface area contributed by atoms with Crippen LogP contribution >= 0.6 is 0 Å². The van der Waals surface area contributed by atoms with Crippen molar-refractivity contribution in [3.05, 3.63) is 0 Å². The average Bonchev–Trinajstić information content (AvgIpc) is 2.81. The Bertz CT molecular complexity index is 250. The van der Waals surface area contributed by atoms with Crippen LogP contribution in [0.3, 0.4) is 0 Å². The van der Waals surface area contributed by atoms with Gasteiger partial charge in [-0.05, 0) is 6.42 Å². The normalized spacial score (nSPS) is 27.1. The largest absolute Gasteiger partial charge is 0.391 e. The van der Waals surface area contributed by atoms with Crippen molar-refractivity contribution in [1.29, 1.82) is 0 Å². The van der Waals surface area contributed by atoms with Crippen LogP contribution in [0, 0.1) is 0 Å². The van der Waals surface area contributed by atoms with E-state index in [1.54, 1.807) is 0 Å². The summed E-state index contributed by atoms with van der Waals surface area (Å²) in [6.07, 6.45) is 11.4. The minimum absolute atomic E-state index is 0.362. The van der Waals surface area contributed by atoms with Crippen LogP contribution in [0.25, 0.3) is 0 Å². The van der Waals surface area contributed by atoms with E-state index in [0.717, 1.165) is 12.8 Å². The average molecular weight is 301 g/mol. The number of rotatable bonds is 12. The van der Waals surface area contributed by atoms with Crippen molar-refractivity contribution in [2.45, 2.75) is 102 Å². The number of nitrogens with one attached hydrogen (secondary N) is 1. The van der Waals surface area contributed by atoms with Crippen molar-refractivity contribution in [2.75, 3.05) is 6.54 Å². The number of hydrogen-bond acceptors (Lipinski definition) is 4. The fourth-order valence-electron chi connectivity index (χ4n) is 3.12. The molecule has 0 aromatic heterocycles. The Morgan fingerprint density at radius 1 is 0.905 bits per heavy atom. The number of aliphatic hydroxyl groups excluding tert-OH is 3. The Balaban J connectivity index is 1.90. The van der Waals surface area contributed by atoms with Crippen LogP contribution in [0.5, 0.6) is 0 Å². The molecule has 0 amide bonds. The highest BCUT2D eigenvalue weighted by atomic mass is 16.3. The smallest absolute Gasteiger partial charge is 0.0989 e.